The van der Waals surface area contributed by atoms with Gasteiger partial charge < -0.3 is 20.1 Å². The number of esters is 1. The number of hydrogen-bond acceptors (Lipinski definition) is 7. The number of nitro groups is 1. The number of benzene rings is 1. The number of amides is 1. The van der Waals surface area contributed by atoms with Crippen molar-refractivity contribution in [3.05, 3.63) is 39.9 Å². The summed E-state index contributed by atoms with van der Waals surface area (Å²) in [5.41, 5.74) is 0.0770. The average Bonchev–Trinajstić information content (AvgIpc) is 2.61. The lowest BCUT2D eigenvalue weighted by Crippen LogP contribution is -2.48. The maximum Gasteiger partial charge on any atom is 0.308 e. The van der Waals surface area contributed by atoms with Crippen LogP contribution in [0.1, 0.15) is 31.9 Å². The van der Waals surface area contributed by atoms with Crippen LogP contribution in [0.2, 0.25) is 0 Å². The fourth-order valence-electron chi connectivity index (χ4n) is 2.66. The minimum atomic E-state index is -0.888. The van der Waals surface area contributed by atoms with E-state index in [-0.39, 0.29) is 36.2 Å². The number of hydrogen-bond donors (Lipinski definition) is 2. The molecule has 2 rings (SSSR count). The SMILES string of the molecule is CC(C)OC(=O)CC(NC(=O)C1CNCCO1)c1ccccc1[N+](=O)[O-].Cl. The third-order valence-electron chi connectivity index (χ3n) is 3.78. The lowest BCUT2D eigenvalue weighted by atomic mass is 10.0. The van der Waals surface area contributed by atoms with Crippen LogP contribution in [0.25, 0.3) is 0 Å². The van der Waals surface area contributed by atoms with Crippen molar-refractivity contribution >= 4 is 30.0 Å². The summed E-state index contributed by atoms with van der Waals surface area (Å²) in [5, 5.41) is 17.1. The Hall–Kier alpha value is -2.23. The first-order chi connectivity index (χ1) is 12.4. The van der Waals surface area contributed by atoms with Crippen LogP contribution in [-0.2, 0) is 19.1 Å². The predicted octanol–water partition coefficient (Wildman–Crippen LogP) is 1.50. The summed E-state index contributed by atoms with van der Waals surface area (Å²) in [6.45, 7) is 4.80. The fraction of sp³-hybridized carbons (Fsp3) is 0.529. The fourth-order valence-corrected chi connectivity index (χ4v) is 2.66. The molecule has 1 amide bonds. The normalized spacial score (nSPS) is 17.5. The maximum absolute atomic E-state index is 12.5. The van der Waals surface area contributed by atoms with Gasteiger partial charge in [0.05, 0.1) is 35.7 Å². The van der Waals surface area contributed by atoms with Crippen molar-refractivity contribution in [2.24, 2.45) is 0 Å². The summed E-state index contributed by atoms with van der Waals surface area (Å²) in [6, 6.07) is 5.11. The second-order valence-corrected chi connectivity index (χ2v) is 6.18. The molecular weight excluding hydrogens is 378 g/mol. The zero-order chi connectivity index (χ0) is 19.1. The van der Waals surface area contributed by atoms with Crippen LogP contribution in [0.15, 0.2) is 24.3 Å². The Kier molecular flexibility index (Phi) is 9.13. The lowest BCUT2D eigenvalue weighted by molar-refractivity contribution is -0.385. The summed E-state index contributed by atoms with van der Waals surface area (Å²) >= 11 is 0. The van der Waals surface area contributed by atoms with Crippen molar-refractivity contribution < 1.29 is 24.0 Å². The highest BCUT2D eigenvalue weighted by Crippen LogP contribution is 2.27. The van der Waals surface area contributed by atoms with Crippen molar-refractivity contribution in [1.29, 1.82) is 0 Å². The first-order valence-electron chi connectivity index (χ1n) is 8.44. The molecule has 0 radical (unpaired) electrons. The van der Waals surface area contributed by atoms with Crippen molar-refractivity contribution in [3.8, 4) is 0 Å². The lowest BCUT2D eigenvalue weighted by Gasteiger charge is -2.26. The van der Waals surface area contributed by atoms with Gasteiger partial charge in [-0.2, -0.15) is 0 Å². The number of nitrogens with one attached hydrogen (secondary N) is 2. The summed E-state index contributed by atoms with van der Waals surface area (Å²) in [6.07, 6.45) is -1.25. The zero-order valence-corrected chi connectivity index (χ0v) is 16.0. The van der Waals surface area contributed by atoms with Crippen LogP contribution in [-0.4, -0.2) is 48.7 Å². The summed E-state index contributed by atoms with van der Waals surface area (Å²) < 4.78 is 10.5. The van der Waals surface area contributed by atoms with Crippen molar-refractivity contribution in [1.82, 2.24) is 10.6 Å². The van der Waals surface area contributed by atoms with Crippen LogP contribution >= 0.6 is 12.4 Å². The van der Waals surface area contributed by atoms with Gasteiger partial charge in [-0.05, 0) is 13.8 Å². The van der Waals surface area contributed by atoms with Gasteiger partial charge in [-0.1, -0.05) is 18.2 Å². The number of nitrogens with zero attached hydrogens (tertiary/aromatic N) is 1. The minimum absolute atomic E-state index is 0. The summed E-state index contributed by atoms with van der Waals surface area (Å²) in [7, 11) is 0. The standard InChI is InChI=1S/C17H23N3O6.ClH/c1-11(2)26-16(21)9-13(12-5-3-4-6-14(12)20(23)24)19-17(22)15-10-18-7-8-25-15;/h3-6,11,13,15,18H,7-10H2,1-2H3,(H,19,22);1H. The molecule has 0 saturated carbocycles. The van der Waals surface area contributed by atoms with Crippen molar-refractivity contribution in [2.75, 3.05) is 19.7 Å². The number of ether oxygens (including phenoxy) is 2. The average molecular weight is 402 g/mol. The van der Waals surface area contributed by atoms with E-state index in [9.17, 15) is 19.7 Å². The van der Waals surface area contributed by atoms with Gasteiger partial charge in [0.25, 0.3) is 11.6 Å². The smallest absolute Gasteiger partial charge is 0.308 e. The molecule has 0 bridgehead atoms. The summed E-state index contributed by atoms with van der Waals surface area (Å²) in [4.78, 5) is 35.3. The van der Waals surface area contributed by atoms with Crippen LogP contribution < -0.4 is 10.6 Å². The Balaban J connectivity index is 0.00000364. The third-order valence-corrected chi connectivity index (χ3v) is 3.78. The van der Waals surface area contributed by atoms with Crippen LogP contribution in [0.5, 0.6) is 0 Å². The molecule has 1 aliphatic heterocycles. The number of halogens is 1. The number of carbonyl (C=O) groups is 2. The quantitative estimate of drug-likeness (QED) is 0.403. The topological polar surface area (TPSA) is 120 Å². The van der Waals surface area contributed by atoms with Gasteiger partial charge in [-0.25, -0.2) is 0 Å². The van der Waals surface area contributed by atoms with E-state index in [1.807, 2.05) is 0 Å². The van der Waals surface area contributed by atoms with E-state index >= 15 is 0 Å². The highest BCUT2D eigenvalue weighted by molar-refractivity contribution is 5.85. The largest absolute Gasteiger partial charge is 0.463 e. The number of carbonyl (C=O) groups excluding carboxylic acids is 2. The highest BCUT2D eigenvalue weighted by atomic mass is 35.5. The van der Waals surface area contributed by atoms with Gasteiger partial charge in [0.15, 0.2) is 0 Å². The molecule has 2 atom stereocenters. The minimum Gasteiger partial charge on any atom is -0.463 e. The van der Waals surface area contributed by atoms with Crippen LogP contribution in [0, 0.1) is 10.1 Å². The Morgan fingerprint density at radius 2 is 2.11 bits per heavy atom. The molecule has 27 heavy (non-hydrogen) atoms. The molecule has 9 nitrogen and oxygen atoms in total. The Labute approximate surface area is 163 Å². The van der Waals surface area contributed by atoms with E-state index in [1.165, 1.54) is 18.2 Å². The number of rotatable bonds is 7. The van der Waals surface area contributed by atoms with Gasteiger partial charge in [0.2, 0.25) is 0 Å². The van der Waals surface area contributed by atoms with E-state index in [1.54, 1.807) is 19.9 Å². The van der Waals surface area contributed by atoms with Crippen LogP contribution in [0.4, 0.5) is 5.69 Å². The molecular formula is C17H24ClN3O6. The molecule has 0 aliphatic carbocycles. The van der Waals surface area contributed by atoms with Crippen molar-refractivity contribution in [3.63, 3.8) is 0 Å². The zero-order valence-electron chi connectivity index (χ0n) is 15.2. The molecule has 0 aromatic heterocycles. The number of nitro benzene ring substituents is 1. The molecule has 2 unspecified atom stereocenters. The van der Waals surface area contributed by atoms with E-state index in [0.717, 1.165) is 0 Å². The van der Waals surface area contributed by atoms with Gasteiger partial charge >= 0.3 is 5.97 Å². The second kappa shape index (κ2) is 10.8. The van der Waals surface area contributed by atoms with Gasteiger partial charge in [-0.15, -0.1) is 12.4 Å². The number of para-hydroxylation sites is 1. The monoisotopic (exact) mass is 401 g/mol. The Bertz CT molecular complexity index is 664. The maximum atomic E-state index is 12.5. The highest BCUT2D eigenvalue weighted by Gasteiger charge is 2.30. The Morgan fingerprint density at radius 1 is 1.41 bits per heavy atom. The molecule has 2 N–H and O–H groups in total. The van der Waals surface area contributed by atoms with Gasteiger partial charge in [0, 0.05) is 19.2 Å². The van der Waals surface area contributed by atoms with E-state index in [0.29, 0.717) is 19.7 Å². The van der Waals surface area contributed by atoms with E-state index < -0.39 is 28.9 Å². The molecule has 0 spiro atoms. The Morgan fingerprint density at radius 3 is 2.70 bits per heavy atom. The van der Waals surface area contributed by atoms with Crippen LogP contribution in [0.3, 0.4) is 0 Å². The molecule has 1 aromatic rings. The number of morpholine rings is 1. The summed E-state index contributed by atoms with van der Waals surface area (Å²) in [5.74, 6) is -0.983. The first kappa shape index (κ1) is 22.8. The second-order valence-electron chi connectivity index (χ2n) is 6.18. The molecule has 10 heteroatoms. The van der Waals surface area contributed by atoms with Gasteiger partial charge in [-0.3, -0.25) is 19.7 Å². The third kappa shape index (κ3) is 6.78. The molecule has 1 fully saturated rings. The molecule has 1 aromatic carbocycles. The molecule has 150 valence electrons. The predicted molar refractivity (Wildman–Crippen MR) is 99.7 cm³/mol. The first-order valence-corrected chi connectivity index (χ1v) is 8.44. The van der Waals surface area contributed by atoms with E-state index in [4.69, 9.17) is 9.47 Å². The molecule has 1 heterocycles. The van der Waals surface area contributed by atoms with Gasteiger partial charge in [0.1, 0.15) is 6.10 Å². The van der Waals surface area contributed by atoms with Crippen molar-refractivity contribution in [2.45, 2.75) is 38.5 Å². The molecule has 1 saturated heterocycles. The van der Waals surface area contributed by atoms with E-state index in [2.05, 4.69) is 10.6 Å². The molecule has 1 aliphatic rings.